The molecule has 0 aliphatic heterocycles. The Morgan fingerprint density at radius 1 is 0.360 bits per heavy atom. The van der Waals surface area contributed by atoms with Gasteiger partial charge in [0.25, 0.3) is 0 Å². The number of hydrogen-bond donors (Lipinski definition) is 0. The molecule has 234 valence electrons. The number of rotatable bonds is 7. The molecule has 0 amide bonds. The maximum absolute atomic E-state index is 7.31. The molecule has 0 bridgehead atoms. The molecule has 8 aromatic rings. The predicted molar refractivity (Wildman–Crippen MR) is 198 cm³/mol. The van der Waals surface area contributed by atoms with E-state index in [0.717, 1.165) is 61.7 Å². The monoisotopic (exact) mass is 641 g/mol. The quantitative estimate of drug-likeness (QED) is 0.161. The number of nitrogens with zero attached hydrogens (tertiary/aromatic N) is 7. The van der Waals surface area contributed by atoms with E-state index in [1.165, 1.54) is 0 Å². The van der Waals surface area contributed by atoms with Gasteiger partial charge in [-0.25, -0.2) is 24.8 Å². The fourth-order valence-electron chi connectivity index (χ4n) is 5.67. The Morgan fingerprint density at radius 3 is 1.36 bits per heavy atom. The summed E-state index contributed by atoms with van der Waals surface area (Å²) in [5, 5.41) is 0. The van der Waals surface area contributed by atoms with Gasteiger partial charge in [0.05, 0.1) is 29.3 Å². The van der Waals surface area contributed by atoms with E-state index < -0.39 is 0 Å². The summed E-state index contributed by atoms with van der Waals surface area (Å²) in [6, 6.07) is 49.5. The lowest BCUT2D eigenvalue weighted by Crippen LogP contribution is -2.00. The van der Waals surface area contributed by atoms with Crippen LogP contribution in [0.5, 0.6) is 0 Å². The molecule has 0 spiro atoms. The highest BCUT2D eigenvalue weighted by molar-refractivity contribution is 5.77. The Kier molecular flexibility index (Phi) is 8.16. The molecule has 0 fully saturated rings. The van der Waals surface area contributed by atoms with E-state index in [1.54, 1.807) is 6.20 Å². The van der Waals surface area contributed by atoms with E-state index in [9.17, 15) is 0 Å². The van der Waals surface area contributed by atoms with E-state index in [4.69, 9.17) is 31.5 Å². The Hall–Kier alpha value is -7.17. The van der Waals surface area contributed by atoms with Crippen LogP contribution in [-0.2, 0) is 0 Å². The summed E-state index contributed by atoms with van der Waals surface area (Å²) in [5.41, 5.74) is 10.3. The highest BCUT2D eigenvalue weighted by atomic mass is 15.0. The van der Waals surface area contributed by atoms with E-state index in [-0.39, 0.29) is 0 Å². The Labute approximate surface area is 289 Å². The third-order valence-corrected chi connectivity index (χ3v) is 8.28. The van der Waals surface area contributed by atoms with Gasteiger partial charge in [-0.05, 0) is 47.0 Å². The summed E-state index contributed by atoms with van der Waals surface area (Å²) in [6.07, 6.45) is 3.63. The summed E-state index contributed by atoms with van der Waals surface area (Å²) >= 11 is 0. The molecule has 0 N–H and O–H groups in total. The van der Waals surface area contributed by atoms with Crippen LogP contribution >= 0.6 is 0 Å². The second kappa shape index (κ2) is 13.5. The van der Waals surface area contributed by atoms with Crippen molar-refractivity contribution in [1.82, 2.24) is 29.9 Å². The third kappa shape index (κ3) is 6.37. The zero-order valence-corrected chi connectivity index (χ0v) is 26.7. The minimum atomic E-state index is 0.598. The Balaban J connectivity index is 1.11. The van der Waals surface area contributed by atoms with Crippen LogP contribution in [0, 0.1) is 6.57 Å². The molecule has 0 aliphatic carbocycles. The number of benzene rings is 4. The molecule has 0 atom stereocenters. The van der Waals surface area contributed by atoms with Crippen LogP contribution < -0.4 is 0 Å². The van der Waals surface area contributed by atoms with E-state index in [1.807, 2.05) is 140 Å². The average molecular weight is 642 g/mol. The van der Waals surface area contributed by atoms with Gasteiger partial charge in [0.2, 0.25) is 0 Å². The average Bonchev–Trinajstić information content (AvgIpc) is 3.21. The van der Waals surface area contributed by atoms with Crippen LogP contribution in [0.2, 0.25) is 0 Å². The molecule has 0 radical (unpaired) electrons. The molecule has 4 aromatic carbocycles. The van der Waals surface area contributed by atoms with Crippen molar-refractivity contribution in [3.05, 3.63) is 175 Å². The van der Waals surface area contributed by atoms with Crippen LogP contribution in [-0.4, -0.2) is 29.9 Å². The molecule has 8 rings (SSSR count). The van der Waals surface area contributed by atoms with E-state index in [0.29, 0.717) is 23.2 Å². The topological polar surface area (TPSA) is 81.7 Å². The number of aromatic nitrogens is 6. The highest BCUT2D eigenvalue weighted by Gasteiger charge is 2.14. The van der Waals surface area contributed by atoms with Crippen molar-refractivity contribution >= 4 is 5.69 Å². The second-order valence-electron chi connectivity index (χ2n) is 11.5. The lowest BCUT2D eigenvalue weighted by molar-refractivity contribution is 1.07. The van der Waals surface area contributed by atoms with Gasteiger partial charge < -0.3 is 0 Å². The van der Waals surface area contributed by atoms with Crippen molar-refractivity contribution in [3.63, 3.8) is 0 Å². The summed E-state index contributed by atoms with van der Waals surface area (Å²) < 4.78 is 0. The molecule has 0 saturated carbocycles. The van der Waals surface area contributed by atoms with Crippen LogP contribution in [0.3, 0.4) is 0 Å². The molecule has 4 aromatic heterocycles. The van der Waals surface area contributed by atoms with Gasteiger partial charge in [0.15, 0.2) is 23.2 Å². The maximum atomic E-state index is 7.31. The Bertz CT molecular complexity index is 2380. The van der Waals surface area contributed by atoms with Gasteiger partial charge in [-0.3, -0.25) is 9.97 Å². The molecule has 0 aliphatic rings. The van der Waals surface area contributed by atoms with Crippen molar-refractivity contribution in [2.45, 2.75) is 0 Å². The van der Waals surface area contributed by atoms with Gasteiger partial charge in [-0.15, -0.1) is 0 Å². The van der Waals surface area contributed by atoms with Crippen LogP contribution in [0.1, 0.15) is 0 Å². The first-order valence-corrected chi connectivity index (χ1v) is 16.1. The van der Waals surface area contributed by atoms with E-state index in [2.05, 4.69) is 28.0 Å². The van der Waals surface area contributed by atoms with Crippen molar-refractivity contribution in [1.29, 1.82) is 0 Å². The third-order valence-electron chi connectivity index (χ3n) is 8.28. The largest absolute Gasteiger partial charge is 0.255 e. The summed E-state index contributed by atoms with van der Waals surface area (Å²) in [5.74, 6) is 1.86. The van der Waals surface area contributed by atoms with Crippen molar-refractivity contribution in [3.8, 4) is 79.2 Å². The first-order valence-electron chi connectivity index (χ1n) is 16.1. The standard InChI is InChI=1S/C43H27N7/c1-44-36-22-19-30(20-23-36)35-26-39(37-14-8-9-25-45-37)47-40(27-35)38-24-21-34(28-46-38)29-15-17-33(18-16-29)43-49-41(31-10-4-2-5-11-31)48-42(50-43)32-12-6-3-7-13-32/h2-28H. The first kappa shape index (κ1) is 30.2. The fraction of sp³-hybridized carbons (Fsp3) is 0. The molecule has 7 nitrogen and oxygen atoms in total. The summed E-state index contributed by atoms with van der Waals surface area (Å²) in [7, 11) is 0. The smallest absolute Gasteiger partial charge is 0.187 e. The zero-order valence-electron chi connectivity index (χ0n) is 26.7. The number of pyridine rings is 3. The van der Waals surface area contributed by atoms with Crippen molar-refractivity contribution in [2.75, 3.05) is 0 Å². The molecule has 0 saturated heterocycles. The lowest BCUT2D eigenvalue weighted by Gasteiger charge is -2.10. The number of hydrogen-bond acceptors (Lipinski definition) is 6. The van der Waals surface area contributed by atoms with E-state index >= 15 is 0 Å². The van der Waals surface area contributed by atoms with Crippen LogP contribution in [0.25, 0.3) is 84.0 Å². The molecular formula is C43H27N7. The zero-order chi connectivity index (χ0) is 33.7. The van der Waals surface area contributed by atoms with Gasteiger partial charge in [-0.1, -0.05) is 121 Å². The SMILES string of the molecule is [C-]#[N+]c1ccc(-c2cc(-c3ccccn3)nc(-c3ccc(-c4ccc(-c5nc(-c6ccccc6)nc(-c6ccccc6)n5)cc4)cn3)c2)cc1. The predicted octanol–water partition coefficient (Wildman–Crippen LogP) is 10.3. The Morgan fingerprint density at radius 2 is 0.840 bits per heavy atom. The molecule has 7 heteroatoms. The summed E-state index contributed by atoms with van der Waals surface area (Å²) in [4.78, 5) is 32.4. The minimum absolute atomic E-state index is 0.598. The summed E-state index contributed by atoms with van der Waals surface area (Å²) in [6.45, 7) is 7.31. The second-order valence-corrected chi connectivity index (χ2v) is 11.5. The van der Waals surface area contributed by atoms with Gasteiger partial charge >= 0.3 is 0 Å². The van der Waals surface area contributed by atoms with Crippen LogP contribution in [0.15, 0.2) is 164 Å². The first-order chi connectivity index (χ1) is 24.7. The van der Waals surface area contributed by atoms with Crippen molar-refractivity contribution in [2.24, 2.45) is 0 Å². The van der Waals surface area contributed by atoms with Gasteiger partial charge in [-0.2, -0.15) is 0 Å². The van der Waals surface area contributed by atoms with Gasteiger partial charge in [0.1, 0.15) is 0 Å². The molecule has 4 heterocycles. The molecule has 0 unspecified atom stereocenters. The molecular weight excluding hydrogens is 615 g/mol. The maximum Gasteiger partial charge on any atom is 0.187 e. The van der Waals surface area contributed by atoms with Crippen LogP contribution in [0.4, 0.5) is 5.69 Å². The van der Waals surface area contributed by atoms with Crippen molar-refractivity contribution < 1.29 is 0 Å². The normalized spacial score (nSPS) is 10.8. The van der Waals surface area contributed by atoms with Gasteiger partial charge in [0, 0.05) is 34.6 Å². The minimum Gasteiger partial charge on any atom is -0.255 e. The fourth-order valence-corrected chi connectivity index (χ4v) is 5.67. The highest BCUT2D eigenvalue weighted by Crippen LogP contribution is 2.32. The lowest BCUT2D eigenvalue weighted by atomic mass is 10.0. The molecule has 50 heavy (non-hydrogen) atoms.